The van der Waals surface area contributed by atoms with Gasteiger partial charge in [0.1, 0.15) is 0 Å². The molecule has 1 saturated heterocycles. The summed E-state index contributed by atoms with van der Waals surface area (Å²) in [7, 11) is 0. The fourth-order valence-electron chi connectivity index (χ4n) is 2.64. The van der Waals surface area contributed by atoms with Crippen LogP contribution in [0.2, 0.25) is 0 Å². The van der Waals surface area contributed by atoms with Gasteiger partial charge < -0.3 is 10.2 Å². The molecule has 1 heterocycles. The molecule has 21 heavy (non-hydrogen) atoms. The molecule has 0 radical (unpaired) electrons. The molecule has 0 atom stereocenters. The topological polar surface area (TPSA) is 32.3 Å². The number of benzene rings is 2. The van der Waals surface area contributed by atoms with E-state index >= 15 is 0 Å². The average molecular weight is 345 g/mol. The highest BCUT2D eigenvalue weighted by Crippen LogP contribution is 2.29. The second-order valence-corrected chi connectivity index (χ2v) is 6.09. The van der Waals surface area contributed by atoms with Crippen molar-refractivity contribution in [3.63, 3.8) is 0 Å². The lowest BCUT2D eigenvalue weighted by Gasteiger charge is -2.21. The summed E-state index contributed by atoms with van der Waals surface area (Å²) in [5, 5.41) is 3.03. The van der Waals surface area contributed by atoms with Gasteiger partial charge in [-0.05, 0) is 43.2 Å². The van der Waals surface area contributed by atoms with Crippen LogP contribution in [-0.4, -0.2) is 19.0 Å². The van der Waals surface area contributed by atoms with Gasteiger partial charge in [0.2, 0.25) is 0 Å². The molecule has 0 aliphatic carbocycles. The lowest BCUT2D eigenvalue weighted by molar-refractivity contribution is 0.102. The number of halogens is 1. The minimum Gasteiger partial charge on any atom is -0.370 e. The first-order valence-electron chi connectivity index (χ1n) is 7.15. The van der Waals surface area contributed by atoms with Crippen LogP contribution in [0.25, 0.3) is 0 Å². The molecule has 1 aliphatic rings. The lowest BCUT2D eigenvalue weighted by atomic mass is 10.2. The van der Waals surface area contributed by atoms with Crippen LogP contribution in [0.5, 0.6) is 0 Å². The van der Waals surface area contributed by atoms with Crippen LogP contribution in [0, 0.1) is 0 Å². The van der Waals surface area contributed by atoms with Crippen LogP contribution in [0.3, 0.4) is 0 Å². The van der Waals surface area contributed by atoms with Crippen molar-refractivity contribution in [2.75, 3.05) is 23.3 Å². The Kier molecular flexibility index (Phi) is 4.25. The zero-order valence-electron chi connectivity index (χ0n) is 11.7. The van der Waals surface area contributed by atoms with Gasteiger partial charge in [-0.2, -0.15) is 0 Å². The maximum Gasteiger partial charge on any atom is 0.255 e. The van der Waals surface area contributed by atoms with Crippen LogP contribution >= 0.6 is 15.9 Å². The average Bonchev–Trinajstić information content (AvgIpc) is 3.02. The number of rotatable bonds is 3. The first-order chi connectivity index (χ1) is 10.2. The third-order valence-corrected chi connectivity index (χ3v) is 4.18. The molecular formula is C17H17BrN2O. The molecule has 2 aromatic carbocycles. The fourth-order valence-corrected chi connectivity index (χ4v) is 3.04. The number of hydrogen-bond donors (Lipinski definition) is 1. The van der Waals surface area contributed by atoms with Gasteiger partial charge in [-0.1, -0.05) is 34.1 Å². The van der Waals surface area contributed by atoms with Crippen molar-refractivity contribution in [1.29, 1.82) is 0 Å². The molecule has 1 fully saturated rings. The minimum atomic E-state index is -0.0806. The van der Waals surface area contributed by atoms with Gasteiger partial charge in [-0.25, -0.2) is 0 Å². The summed E-state index contributed by atoms with van der Waals surface area (Å²) >= 11 is 3.40. The van der Waals surface area contributed by atoms with Crippen LogP contribution < -0.4 is 10.2 Å². The molecule has 0 spiro atoms. The van der Waals surface area contributed by atoms with Gasteiger partial charge in [-0.15, -0.1) is 0 Å². The van der Waals surface area contributed by atoms with Gasteiger partial charge in [0.25, 0.3) is 5.91 Å². The summed E-state index contributed by atoms with van der Waals surface area (Å²) in [5.74, 6) is -0.0806. The van der Waals surface area contributed by atoms with Crippen molar-refractivity contribution >= 4 is 33.2 Å². The van der Waals surface area contributed by atoms with Crippen LogP contribution in [-0.2, 0) is 0 Å². The number of para-hydroxylation sites is 2. The maximum atomic E-state index is 12.4. The van der Waals surface area contributed by atoms with Crippen LogP contribution in [0.15, 0.2) is 53.0 Å². The Morgan fingerprint density at radius 3 is 2.57 bits per heavy atom. The van der Waals surface area contributed by atoms with Crippen molar-refractivity contribution in [3.05, 3.63) is 58.6 Å². The smallest absolute Gasteiger partial charge is 0.255 e. The summed E-state index contributed by atoms with van der Waals surface area (Å²) < 4.78 is 0.906. The summed E-state index contributed by atoms with van der Waals surface area (Å²) in [6.07, 6.45) is 2.43. The number of nitrogens with zero attached hydrogens (tertiary/aromatic N) is 1. The summed E-state index contributed by atoms with van der Waals surface area (Å²) in [5.41, 5.74) is 2.64. The molecule has 3 nitrogen and oxygen atoms in total. The van der Waals surface area contributed by atoms with Gasteiger partial charge in [0, 0.05) is 23.1 Å². The Morgan fingerprint density at radius 1 is 1.05 bits per heavy atom. The monoisotopic (exact) mass is 344 g/mol. The number of anilines is 2. The van der Waals surface area contributed by atoms with E-state index in [0.717, 1.165) is 28.9 Å². The maximum absolute atomic E-state index is 12.4. The fraction of sp³-hybridized carbons (Fsp3) is 0.235. The Bertz CT molecular complexity index is 651. The molecule has 1 aliphatic heterocycles. The highest BCUT2D eigenvalue weighted by Gasteiger charge is 2.16. The van der Waals surface area contributed by atoms with Gasteiger partial charge in [0.15, 0.2) is 0 Å². The number of nitrogens with one attached hydrogen (secondary N) is 1. The quantitative estimate of drug-likeness (QED) is 0.900. The lowest BCUT2D eigenvalue weighted by Crippen LogP contribution is -2.21. The Labute approximate surface area is 133 Å². The summed E-state index contributed by atoms with van der Waals surface area (Å²) in [6.45, 7) is 2.12. The molecular weight excluding hydrogens is 328 g/mol. The van der Waals surface area contributed by atoms with E-state index in [1.54, 1.807) is 0 Å². The van der Waals surface area contributed by atoms with E-state index < -0.39 is 0 Å². The van der Waals surface area contributed by atoms with Crippen molar-refractivity contribution in [2.45, 2.75) is 12.8 Å². The molecule has 0 bridgehead atoms. The van der Waals surface area contributed by atoms with E-state index in [9.17, 15) is 4.79 Å². The van der Waals surface area contributed by atoms with Crippen molar-refractivity contribution in [1.82, 2.24) is 0 Å². The zero-order chi connectivity index (χ0) is 14.7. The summed E-state index contributed by atoms with van der Waals surface area (Å²) in [6, 6.07) is 15.4. The minimum absolute atomic E-state index is 0.0806. The Balaban J connectivity index is 1.83. The van der Waals surface area contributed by atoms with E-state index in [0.29, 0.717) is 5.56 Å². The third kappa shape index (κ3) is 3.27. The number of amides is 1. The molecule has 0 aromatic heterocycles. The number of hydrogen-bond acceptors (Lipinski definition) is 2. The predicted octanol–water partition coefficient (Wildman–Crippen LogP) is 4.30. The van der Waals surface area contributed by atoms with Gasteiger partial charge in [0.05, 0.1) is 11.4 Å². The largest absolute Gasteiger partial charge is 0.370 e. The molecule has 0 saturated carbocycles. The first kappa shape index (κ1) is 14.1. The van der Waals surface area contributed by atoms with E-state index in [4.69, 9.17) is 0 Å². The van der Waals surface area contributed by atoms with E-state index in [-0.39, 0.29) is 5.91 Å². The molecule has 3 rings (SSSR count). The predicted molar refractivity (Wildman–Crippen MR) is 90.0 cm³/mol. The Hall–Kier alpha value is -1.81. The molecule has 2 aromatic rings. The second-order valence-electron chi connectivity index (χ2n) is 5.18. The SMILES string of the molecule is O=C(Nc1ccccc1N1CCCC1)c1cccc(Br)c1. The van der Waals surface area contributed by atoms with Crippen molar-refractivity contribution in [2.24, 2.45) is 0 Å². The number of carbonyl (C=O) groups excluding carboxylic acids is 1. The van der Waals surface area contributed by atoms with Gasteiger partial charge >= 0.3 is 0 Å². The molecule has 1 N–H and O–H groups in total. The van der Waals surface area contributed by atoms with Crippen molar-refractivity contribution in [3.8, 4) is 0 Å². The van der Waals surface area contributed by atoms with Gasteiger partial charge in [-0.3, -0.25) is 4.79 Å². The molecule has 108 valence electrons. The van der Waals surface area contributed by atoms with Crippen LogP contribution in [0.4, 0.5) is 11.4 Å². The highest BCUT2D eigenvalue weighted by atomic mass is 79.9. The van der Waals surface area contributed by atoms with Crippen molar-refractivity contribution < 1.29 is 4.79 Å². The van der Waals surface area contributed by atoms with Crippen LogP contribution in [0.1, 0.15) is 23.2 Å². The zero-order valence-corrected chi connectivity index (χ0v) is 13.3. The van der Waals surface area contributed by atoms with E-state index in [1.807, 2.05) is 42.5 Å². The van der Waals surface area contributed by atoms with E-state index in [1.165, 1.54) is 12.8 Å². The second kappa shape index (κ2) is 6.31. The molecule has 0 unspecified atom stereocenters. The standard InChI is InChI=1S/C17H17BrN2O/c18-14-7-5-6-13(12-14)17(21)19-15-8-1-2-9-16(15)20-10-3-4-11-20/h1-2,5-9,12H,3-4,10-11H2,(H,19,21). The molecule has 1 amide bonds. The number of carbonyl (C=O) groups is 1. The summed E-state index contributed by atoms with van der Waals surface area (Å²) in [4.78, 5) is 14.7. The molecule has 4 heteroatoms. The Morgan fingerprint density at radius 2 is 1.81 bits per heavy atom. The highest BCUT2D eigenvalue weighted by molar-refractivity contribution is 9.10. The first-order valence-corrected chi connectivity index (χ1v) is 7.94. The normalized spacial score (nSPS) is 14.2. The third-order valence-electron chi connectivity index (χ3n) is 3.69. The van der Waals surface area contributed by atoms with E-state index in [2.05, 4.69) is 32.2 Å².